The lowest BCUT2D eigenvalue weighted by atomic mass is 9.89. The lowest BCUT2D eigenvalue weighted by Crippen LogP contribution is -2.20. The molecule has 0 aromatic carbocycles. The van der Waals surface area contributed by atoms with Crippen LogP contribution in [0, 0.1) is 11.8 Å². The molecule has 80 valence electrons. The van der Waals surface area contributed by atoms with Crippen LogP contribution in [0.1, 0.15) is 26.5 Å². The number of alkyl halides is 1. The number of nitrogens with zero attached hydrogens (tertiary/aromatic N) is 2. The zero-order chi connectivity index (χ0) is 10.7. The summed E-state index contributed by atoms with van der Waals surface area (Å²) in [5.74, 6) is 1.34. The summed E-state index contributed by atoms with van der Waals surface area (Å²) in [4.78, 5) is 0.546. The first-order valence-electron chi connectivity index (χ1n) is 5.13. The van der Waals surface area contributed by atoms with E-state index in [0.717, 1.165) is 6.42 Å². The van der Waals surface area contributed by atoms with Crippen LogP contribution in [0.5, 0.6) is 0 Å². The number of rotatable bonds is 4. The van der Waals surface area contributed by atoms with Crippen LogP contribution >= 0.6 is 15.9 Å². The first-order chi connectivity index (χ1) is 6.50. The fourth-order valence-electron chi connectivity index (χ4n) is 1.74. The van der Waals surface area contributed by atoms with Gasteiger partial charge in [0.2, 0.25) is 0 Å². The highest BCUT2D eigenvalue weighted by molar-refractivity contribution is 9.09. The van der Waals surface area contributed by atoms with E-state index in [-0.39, 0.29) is 0 Å². The Hall–Kier alpha value is -0.310. The smallest absolute Gasteiger partial charge is 0.0627 e. The lowest BCUT2D eigenvalue weighted by molar-refractivity contribution is 0.379. The highest BCUT2D eigenvalue weighted by Crippen LogP contribution is 2.24. The molecular formula is C11H19BrN2. The summed E-state index contributed by atoms with van der Waals surface area (Å²) in [5, 5.41) is 4.41. The van der Waals surface area contributed by atoms with Crippen molar-refractivity contribution in [1.29, 1.82) is 0 Å². The normalized spacial score (nSPS) is 15.9. The Balaban J connectivity index is 2.64. The maximum absolute atomic E-state index is 4.41. The molecule has 0 radical (unpaired) electrons. The highest BCUT2D eigenvalue weighted by atomic mass is 79.9. The zero-order valence-electron chi connectivity index (χ0n) is 9.37. The van der Waals surface area contributed by atoms with E-state index >= 15 is 0 Å². The summed E-state index contributed by atoms with van der Waals surface area (Å²) < 4.78 is 1.87. The van der Waals surface area contributed by atoms with Gasteiger partial charge < -0.3 is 0 Å². The van der Waals surface area contributed by atoms with Crippen molar-refractivity contribution in [1.82, 2.24) is 9.78 Å². The molecule has 0 N–H and O–H groups in total. The molecule has 3 heteroatoms. The number of hydrogen-bond donors (Lipinski definition) is 0. The van der Waals surface area contributed by atoms with Gasteiger partial charge in [-0.2, -0.15) is 5.10 Å². The molecule has 0 aliphatic carbocycles. The number of aryl methyl sites for hydroxylation is 1. The summed E-state index contributed by atoms with van der Waals surface area (Å²) in [6, 6.07) is 2.10. The summed E-state index contributed by atoms with van der Waals surface area (Å²) in [6.07, 6.45) is 3.07. The van der Waals surface area contributed by atoms with Crippen LogP contribution in [0.2, 0.25) is 0 Å². The molecule has 2 nitrogen and oxygen atoms in total. The van der Waals surface area contributed by atoms with E-state index in [4.69, 9.17) is 0 Å². The van der Waals surface area contributed by atoms with Crippen LogP contribution in [0.4, 0.5) is 0 Å². The third-order valence-corrected chi connectivity index (χ3v) is 3.34. The molecule has 0 saturated heterocycles. The van der Waals surface area contributed by atoms with Crippen molar-refractivity contribution in [3.8, 4) is 0 Å². The minimum absolute atomic E-state index is 0.546. The van der Waals surface area contributed by atoms with E-state index in [1.165, 1.54) is 5.69 Å². The van der Waals surface area contributed by atoms with E-state index < -0.39 is 0 Å². The van der Waals surface area contributed by atoms with E-state index in [1.807, 2.05) is 17.9 Å². The second-order valence-electron chi connectivity index (χ2n) is 4.27. The minimum atomic E-state index is 0.546. The van der Waals surface area contributed by atoms with Crippen LogP contribution in [0.3, 0.4) is 0 Å². The molecular weight excluding hydrogens is 240 g/mol. The van der Waals surface area contributed by atoms with Crippen molar-refractivity contribution >= 4 is 15.9 Å². The molecule has 2 unspecified atom stereocenters. The molecule has 1 aromatic rings. The number of aromatic nitrogens is 2. The Morgan fingerprint density at radius 2 is 2.07 bits per heavy atom. The van der Waals surface area contributed by atoms with E-state index in [9.17, 15) is 0 Å². The second kappa shape index (κ2) is 4.96. The van der Waals surface area contributed by atoms with Gasteiger partial charge in [0.05, 0.1) is 5.69 Å². The third-order valence-electron chi connectivity index (χ3n) is 2.66. The standard InChI is InChI=1S/C11H19BrN2/c1-8(2)11(9(3)12)7-10-5-6-14(4)13-10/h5-6,8-9,11H,7H2,1-4H3. The second-order valence-corrected chi connectivity index (χ2v) is 5.71. The summed E-state index contributed by atoms with van der Waals surface area (Å²) in [5.41, 5.74) is 1.19. The van der Waals surface area contributed by atoms with Gasteiger partial charge in [-0.25, -0.2) is 0 Å². The molecule has 1 aromatic heterocycles. The molecule has 1 heterocycles. The van der Waals surface area contributed by atoms with Gasteiger partial charge >= 0.3 is 0 Å². The Morgan fingerprint density at radius 3 is 2.43 bits per heavy atom. The summed E-state index contributed by atoms with van der Waals surface area (Å²) in [6.45, 7) is 6.75. The van der Waals surface area contributed by atoms with Gasteiger partial charge in [-0.15, -0.1) is 0 Å². The Labute approximate surface area is 94.8 Å². The number of hydrogen-bond acceptors (Lipinski definition) is 1. The van der Waals surface area contributed by atoms with E-state index in [1.54, 1.807) is 0 Å². The Morgan fingerprint density at radius 1 is 1.43 bits per heavy atom. The van der Waals surface area contributed by atoms with Gasteiger partial charge in [-0.05, 0) is 24.3 Å². The Kier molecular flexibility index (Phi) is 4.17. The van der Waals surface area contributed by atoms with Crippen LogP contribution in [0.25, 0.3) is 0 Å². The Bertz CT molecular complexity index is 271. The average Bonchev–Trinajstić information content (AvgIpc) is 2.46. The first-order valence-corrected chi connectivity index (χ1v) is 6.05. The SMILES string of the molecule is CC(C)C(Cc1ccn(C)n1)C(C)Br. The van der Waals surface area contributed by atoms with Crippen LogP contribution in [-0.4, -0.2) is 14.6 Å². The van der Waals surface area contributed by atoms with Crippen molar-refractivity contribution in [3.05, 3.63) is 18.0 Å². The highest BCUT2D eigenvalue weighted by Gasteiger charge is 2.19. The average molecular weight is 259 g/mol. The van der Waals surface area contributed by atoms with Crippen molar-refractivity contribution < 1.29 is 0 Å². The quantitative estimate of drug-likeness (QED) is 0.760. The molecule has 2 atom stereocenters. The van der Waals surface area contributed by atoms with Crippen molar-refractivity contribution in [2.75, 3.05) is 0 Å². The summed E-state index contributed by atoms with van der Waals surface area (Å²) in [7, 11) is 1.96. The van der Waals surface area contributed by atoms with Gasteiger partial charge in [0.1, 0.15) is 0 Å². The molecule has 0 bridgehead atoms. The van der Waals surface area contributed by atoms with Gasteiger partial charge in [0.25, 0.3) is 0 Å². The van der Waals surface area contributed by atoms with Crippen molar-refractivity contribution in [3.63, 3.8) is 0 Å². The van der Waals surface area contributed by atoms with Gasteiger partial charge in [0, 0.05) is 18.1 Å². The molecule has 0 saturated carbocycles. The monoisotopic (exact) mass is 258 g/mol. The fourth-order valence-corrected chi connectivity index (χ4v) is 2.54. The van der Waals surface area contributed by atoms with E-state index in [0.29, 0.717) is 16.7 Å². The fraction of sp³-hybridized carbons (Fsp3) is 0.727. The first kappa shape index (κ1) is 11.8. The molecule has 1 rings (SSSR count). The molecule has 0 fully saturated rings. The largest absolute Gasteiger partial charge is 0.276 e. The van der Waals surface area contributed by atoms with Gasteiger partial charge in [0.15, 0.2) is 0 Å². The minimum Gasteiger partial charge on any atom is -0.276 e. The molecule has 0 aliphatic heterocycles. The maximum atomic E-state index is 4.41. The molecule has 0 amide bonds. The predicted octanol–water partition coefficient (Wildman–Crippen LogP) is 3.02. The predicted molar refractivity (Wildman–Crippen MR) is 63.6 cm³/mol. The molecule has 0 aliphatic rings. The van der Waals surface area contributed by atoms with Crippen LogP contribution in [0.15, 0.2) is 12.3 Å². The molecule has 14 heavy (non-hydrogen) atoms. The lowest BCUT2D eigenvalue weighted by Gasteiger charge is -2.22. The topological polar surface area (TPSA) is 17.8 Å². The number of halogens is 1. The van der Waals surface area contributed by atoms with Crippen LogP contribution < -0.4 is 0 Å². The third kappa shape index (κ3) is 3.12. The van der Waals surface area contributed by atoms with E-state index in [2.05, 4.69) is 47.9 Å². The van der Waals surface area contributed by atoms with Crippen molar-refractivity contribution in [2.24, 2.45) is 18.9 Å². The van der Waals surface area contributed by atoms with Gasteiger partial charge in [-0.3, -0.25) is 4.68 Å². The summed E-state index contributed by atoms with van der Waals surface area (Å²) >= 11 is 3.67. The van der Waals surface area contributed by atoms with Gasteiger partial charge in [-0.1, -0.05) is 36.7 Å². The maximum Gasteiger partial charge on any atom is 0.0627 e. The zero-order valence-corrected chi connectivity index (χ0v) is 11.0. The molecule has 0 spiro atoms. The van der Waals surface area contributed by atoms with Crippen LogP contribution in [-0.2, 0) is 13.5 Å². The van der Waals surface area contributed by atoms with Crippen molar-refractivity contribution in [2.45, 2.75) is 32.0 Å².